The molecule has 5 amide bonds. The van der Waals surface area contributed by atoms with Gasteiger partial charge in [0.2, 0.25) is 21.8 Å². The normalized spacial score (nSPS) is 29.7. The van der Waals surface area contributed by atoms with Crippen molar-refractivity contribution < 1.29 is 46.3 Å². The van der Waals surface area contributed by atoms with E-state index in [9.17, 15) is 36.8 Å². The van der Waals surface area contributed by atoms with Crippen LogP contribution in [0.4, 0.5) is 14.0 Å². The lowest BCUT2D eigenvalue weighted by Crippen LogP contribution is -2.58. The molecule has 7 rings (SSSR count). The fourth-order valence-corrected chi connectivity index (χ4v) is 8.97. The summed E-state index contributed by atoms with van der Waals surface area (Å²) in [6, 6.07) is 2.35. The summed E-state index contributed by atoms with van der Waals surface area (Å²) in [6.07, 6.45) is 7.43. The molecule has 3 aliphatic carbocycles. The Morgan fingerprint density at radius 2 is 1.87 bits per heavy atom. The van der Waals surface area contributed by atoms with Gasteiger partial charge < -0.3 is 25.0 Å². The zero-order chi connectivity index (χ0) is 36.8. The maximum atomic E-state index is 14.4. The lowest BCUT2D eigenvalue weighted by molar-refractivity contribution is -0.141. The summed E-state index contributed by atoms with van der Waals surface area (Å²) in [5, 5.41) is 4.88. The van der Waals surface area contributed by atoms with Crippen LogP contribution in [-0.4, -0.2) is 89.2 Å². The van der Waals surface area contributed by atoms with Gasteiger partial charge in [0.1, 0.15) is 35.1 Å². The van der Waals surface area contributed by atoms with Crippen molar-refractivity contribution in [3.05, 3.63) is 47.3 Å². The molecule has 0 spiro atoms. The van der Waals surface area contributed by atoms with Crippen molar-refractivity contribution in [2.45, 2.75) is 132 Å². The molecule has 6 aliphatic rings. The average molecular weight is 744 g/mol. The van der Waals surface area contributed by atoms with Crippen LogP contribution in [0.1, 0.15) is 95.1 Å². The van der Waals surface area contributed by atoms with Gasteiger partial charge in [-0.1, -0.05) is 44.1 Å². The Kier molecular flexibility index (Phi) is 9.72. The average Bonchev–Trinajstić information content (AvgIpc) is 4.06. The van der Waals surface area contributed by atoms with Crippen molar-refractivity contribution >= 4 is 39.9 Å². The molecule has 0 aromatic heterocycles. The third-order valence-electron chi connectivity index (χ3n) is 11.3. The number of fused-ring (bicyclic) bond motifs is 3. The Morgan fingerprint density at radius 1 is 1.08 bits per heavy atom. The van der Waals surface area contributed by atoms with Gasteiger partial charge in [0.25, 0.3) is 5.91 Å². The first-order valence-corrected chi connectivity index (χ1v) is 19.9. The fourth-order valence-electron chi connectivity index (χ4n) is 7.61. The van der Waals surface area contributed by atoms with Gasteiger partial charge in [-0.05, 0) is 69.4 Å². The van der Waals surface area contributed by atoms with Gasteiger partial charge in [0, 0.05) is 24.4 Å². The van der Waals surface area contributed by atoms with Gasteiger partial charge in [-0.2, -0.15) is 0 Å². The van der Waals surface area contributed by atoms with Crippen LogP contribution in [-0.2, 0) is 47.0 Å². The molecule has 0 unspecified atom stereocenters. The van der Waals surface area contributed by atoms with E-state index in [0.717, 1.165) is 25.7 Å². The number of alkyl carbamates (subject to hydrolysis) is 1. The number of benzene rings is 1. The van der Waals surface area contributed by atoms with Gasteiger partial charge in [-0.15, -0.1) is 0 Å². The zero-order valence-electron chi connectivity index (χ0n) is 29.2. The maximum absolute atomic E-state index is 14.4. The van der Waals surface area contributed by atoms with Crippen LogP contribution in [0.2, 0.25) is 0 Å². The molecule has 16 heteroatoms. The Morgan fingerprint density at radius 3 is 2.58 bits per heavy atom. The highest BCUT2D eigenvalue weighted by Gasteiger charge is 2.62. The summed E-state index contributed by atoms with van der Waals surface area (Å²) < 4.78 is 53.6. The number of halogens is 1. The van der Waals surface area contributed by atoms with Gasteiger partial charge in [-0.3, -0.25) is 24.0 Å². The van der Waals surface area contributed by atoms with Crippen molar-refractivity contribution in [1.82, 2.24) is 25.2 Å². The number of nitrogens with one attached hydrogen (secondary N) is 3. The molecule has 0 radical (unpaired) electrons. The minimum Gasteiger partial charge on any atom is -0.444 e. The highest BCUT2D eigenvalue weighted by atomic mass is 32.2. The number of allylic oxidation sites excluding steroid dienone is 1. The molecule has 3 aliphatic heterocycles. The molecule has 3 heterocycles. The van der Waals surface area contributed by atoms with Crippen molar-refractivity contribution in [3.63, 3.8) is 0 Å². The number of rotatable bonds is 7. The number of hydrogen-bond donors (Lipinski definition) is 3. The lowest BCUT2D eigenvalue weighted by atomic mass is 10.0. The quantitative estimate of drug-likeness (QED) is 0.354. The van der Waals surface area contributed by atoms with E-state index in [1.54, 1.807) is 12.1 Å². The molecule has 1 aromatic carbocycles. The predicted molar refractivity (Wildman–Crippen MR) is 183 cm³/mol. The number of carbonyl (C=O) groups is 5. The molecule has 1 saturated heterocycles. The first-order valence-electron chi connectivity index (χ1n) is 18.4. The van der Waals surface area contributed by atoms with Crippen LogP contribution in [0.25, 0.3) is 0 Å². The van der Waals surface area contributed by atoms with E-state index in [4.69, 9.17) is 9.47 Å². The summed E-state index contributed by atoms with van der Waals surface area (Å²) in [5.74, 6) is -3.01. The molecule has 5 atom stereocenters. The predicted octanol–water partition coefficient (Wildman–Crippen LogP) is 3.29. The fraction of sp³-hybridized carbons (Fsp3) is 0.639. The van der Waals surface area contributed by atoms with Crippen LogP contribution in [0, 0.1) is 11.7 Å². The highest BCUT2D eigenvalue weighted by Crippen LogP contribution is 2.46. The molecular weight excluding hydrogens is 697 g/mol. The summed E-state index contributed by atoms with van der Waals surface area (Å²) >= 11 is 0. The monoisotopic (exact) mass is 743 g/mol. The summed E-state index contributed by atoms with van der Waals surface area (Å²) in [4.78, 5) is 71.2. The van der Waals surface area contributed by atoms with E-state index >= 15 is 0 Å². The van der Waals surface area contributed by atoms with Crippen molar-refractivity contribution in [2.24, 2.45) is 5.92 Å². The zero-order valence-corrected chi connectivity index (χ0v) is 30.1. The van der Waals surface area contributed by atoms with Crippen LogP contribution < -0.4 is 15.4 Å². The third kappa shape index (κ3) is 7.48. The first kappa shape index (κ1) is 36.2. The molecular formula is C36H46FN5O9S. The minimum atomic E-state index is -3.92. The number of amides is 5. The second kappa shape index (κ2) is 14.0. The molecule has 1 aromatic rings. The molecule has 14 nitrogen and oxygen atoms in total. The van der Waals surface area contributed by atoms with E-state index in [2.05, 4.69) is 15.4 Å². The number of ether oxygens (including phenoxy) is 2. The molecule has 3 saturated carbocycles. The van der Waals surface area contributed by atoms with Crippen LogP contribution in [0.15, 0.2) is 30.4 Å². The Balaban J connectivity index is 1.13. The van der Waals surface area contributed by atoms with E-state index in [0.29, 0.717) is 43.2 Å². The summed E-state index contributed by atoms with van der Waals surface area (Å²) in [6.45, 7) is 1.89. The van der Waals surface area contributed by atoms with Gasteiger partial charge in [0.15, 0.2) is 0 Å². The van der Waals surface area contributed by atoms with Crippen molar-refractivity contribution in [3.8, 4) is 0 Å². The van der Waals surface area contributed by atoms with Gasteiger partial charge in [0.05, 0.1) is 18.3 Å². The summed E-state index contributed by atoms with van der Waals surface area (Å²) in [7, 11) is -3.92. The summed E-state index contributed by atoms with van der Waals surface area (Å²) in [5.41, 5.74) is -1.05. The molecule has 52 heavy (non-hydrogen) atoms. The maximum Gasteiger partial charge on any atom is 0.410 e. The van der Waals surface area contributed by atoms with Crippen LogP contribution in [0.3, 0.4) is 0 Å². The van der Waals surface area contributed by atoms with Gasteiger partial charge >= 0.3 is 12.2 Å². The smallest absolute Gasteiger partial charge is 0.410 e. The number of hydrogen-bond acceptors (Lipinski definition) is 9. The standard InChI is InChI=1S/C36H46FN5O9S/c1-2-35(15-16-35)51-33(46)38-28-12-7-5-3-4-6-10-23-18-36(23,32(45)40-52(48,49)25-13-14-25)39-30(43)29-17-24(20-42(29)31(28)44)50-34(47)41-19-22-9-8-11-27(37)26(22)21-41/h6,8-11,23-25,28-29H,2-5,7,12-21H2,1H3,(H,38,46)(H,39,43)(H,40,45)/t23-,24-,28+,29+,36-/m1/s1. The van der Waals surface area contributed by atoms with Gasteiger partial charge in [-0.25, -0.2) is 22.4 Å². The number of sulfonamides is 1. The lowest BCUT2D eigenvalue weighted by Gasteiger charge is -2.30. The van der Waals surface area contributed by atoms with Crippen LogP contribution in [0.5, 0.6) is 0 Å². The van der Waals surface area contributed by atoms with E-state index in [1.807, 2.05) is 19.1 Å². The SMILES string of the molecule is CCC1(OC(=O)N[C@H]2CCCCCC=C[C@@H]3C[C@@]3(C(=O)NS(=O)(=O)C3CC3)NC(=O)[C@@H]3C[C@@H](OC(=O)N4Cc5cccc(F)c5C4)CN3C2=O)CC1. The molecule has 3 N–H and O–H groups in total. The highest BCUT2D eigenvalue weighted by molar-refractivity contribution is 7.91. The largest absolute Gasteiger partial charge is 0.444 e. The third-order valence-corrected chi connectivity index (χ3v) is 13.2. The minimum absolute atomic E-state index is 0.00375. The topological polar surface area (TPSA) is 181 Å². The van der Waals surface area contributed by atoms with Crippen molar-refractivity contribution in [2.75, 3.05) is 6.54 Å². The Bertz CT molecular complexity index is 1780. The molecule has 0 bridgehead atoms. The second-order valence-electron chi connectivity index (χ2n) is 15.1. The first-order chi connectivity index (χ1) is 24.8. The van der Waals surface area contributed by atoms with Crippen molar-refractivity contribution in [1.29, 1.82) is 0 Å². The number of nitrogens with zero attached hydrogens (tertiary/aromatic N) is 2. The van der Waals surface area contributed by atoms with E-state index in [-0.39, 0.29) is 38.9 Å². The molecule has 282 valence electrons. The number of carbonyl (C=O) groups excluding carboxylic acids is 5. The van der Waals surface area contributed by atoms with E-state index < -0.39 is 86.2 Å². The van der Waals surface area contributed by atoms with Crippen LogP contribution >= 0.6 is 0 Å². The molecule has 4 fully saturated rings. The second-order valence-corrected chi connectivity index (χ2v) is 17.1. The Labute approximate surface area is 302 Å². The Hall–Kier alpha value is -4.21. The van der Waals surface area contributed by atoms with E-state index in [1.165, 1.54) is 15.9 Å².